The van der Waals surface area contributed by atoms with Crippen LogP contribution in [-0.2, 0) is 16.3 Å². The Kier molecular flexibility index (Phi) is 4.38. The van der Waals surface area contributed by atoms with Crippen LogP contribution < -0.4 is 10.6 Å². The van der Waals surface area contributed by atoms with Gasteiger partial charge in [-0.1, -0.05) is 24.3 Å². The number of sulfone groups is 1. The van der Waals surface area contributed by atoms with E-state index in [1.807, 2.05) is 12.1 Å². The van der Waals surface area contributed by atoms with E-state index in [0.717, 1.165) is 19.3 Å². The molecule has 1 aromatic rings. The van der Waals surface area contributed by atoms with Gasteiger partial charge in [-0.15, -0.1) is 0 Å². The van der Waals surface area contributed by atoms with Crippen LogP contribution in [0.5, 0.6) is 0 Å². The quantitative estimate of drug-likeness (QED) is 0.891. The number of urea groups is 1. The maximum absolute atomic E-state index is 12.1. The van der Waals surface area contributed by atoms with Crippen LogP contribution in [-0.4, -0.2) is 32.5 Å². The summed E-state index contributed by atoms with van der Waals surface area (Å²) in [6.45, 7) is 0.430. The van der Waals surface area contributed by atoms with E-state index in [9.17, 15) is 13.2 Å². The lowest BCUT2D eigenvalue weighted by Gasteiger charge is -2.26. The Morgan fingerprint density at radius 3 is 2.82 bits per heavy atom. The first kappa shape index (κ1) is 15.3. The topological polar surface area (TPSA) is 75.3 Å². The van der Waals surface area contributed by atoms with Gasteiger partial charge in [-0.3, -0.25) is 0 Å². The molecule has 1 heterocycles. The molecule has 2 atom stereocenters. The number of carbonyl (C=O) groups is 1. The zero-order valence-corrected chi connectivity index (χ0v) is 13.4. The first-order chi connectivity index (χ1) is 10.5. The Labute approximate surface area is 131 Å². The zero-order valence-electron chi connectivity index (χ0n) is 12.5. The summed E-state index contributed by atoms with van der Waals surface area (Å²) >= 11 is 0. The second kappa shape index (κ2) is 6.28. The summed E-state index contributed by atoms with van der Waals surface area (Å²) in [6, 6.07) is 8.07. The standard InChI is InChI=1S/C16H22N2O3S/c19-16(17-10-12-8-9-22(20,21)11-12)18-15-7-3-5-13-4-1-2-6-14(13)15/h1-2,4,6,12,15H,3,5,7-11H2,(H2,17,18,19)/t12-,15-/m1/s1. The molecule has 1 fully saturated rings. The van der Waals surface area contributed by atoms with Crippen LogP contribution in [0.2, 0.25) is 0 Å². The Hall–Kier alpha value is -1.56. The Morgan fingerprint density at radius 1 is 1.23 bits per heavy atom. The molecule has 1 aliphatic heterocycles. The minimum absolute atomic E-state index is 0.0504. The third-order valence-corrected chi connectivity index (χ3v) is 6.39. The molecular weight excluding hydrogens is 300 g/mol. The van der Waals surface area contributed by atoms with Crippen molar-refractivity contribution >= 4 is 15.9 Å². The highest BCUT2D eigenvalue weighted by Gasteiger charge is 2.28. The maximum Gasteiger partial charge on any atom is 0.315 e. The number of rotatable bonds is 3. The summed E-state index contributed by atoms with van der Waals surface area (Å²) in [6.07, 6.45) is 3.73. The molecule has 1 aliphatic carbocycles. The molecule has 2 N–H and O–H groups in total. The first-order valence-corrected chi connectivity index (χ1v) is 9.68. The number of amides is 2. The van der Waals surface area contributed by atoms with Crippen molar-refractivity contribution in [3.05, 3.63) is 35.4 Å². The molecule has 3 rings (SSSR count). The summed E-state index contributed by atoms with van der Waals surface area (Å²) in [5.41, 5.74) is 2.51. The molecule has 5 nitrogen and oxygen atoms in total. The summed E-state index contributed by atoms with van der Waals surface area (Å²) in [5.74, 6) is 0.491. The van der Waals surface area contributed by atoms with Crippen LogP contribution in [0, 0.1) is 5.92 Å². The highest BCUT2D eigenvalue weighted by molar-refractivity contribution is 7.91. The van der Waals surface area contributed by atoms with Crippen molar-refractivity contribution in [2.75, 3.05) is 18.1 Å². The van der Waals surface area contributed by atoms with E-state index in [4.69, 9.17) is 0 Å². The molecule has 22 heavy (non-hydrogen) atoms. The molecular formula is C16H22N2O3S. The second-order valence-electron chi connectivity index (χ2n) is 6.27. The highest BCUT2D eigenvalue weighted by atomic mass is 32.2. The van der Waals surface area contributed by atoms with Crippen molar-refractivity contribution in [2.45, 2.75) is 31.7 Å². The Balaban J connectivity index is 1.53. The van der Waals surface area contributed by atoms with Gasteiger partial charge < -0.3 is 10.6 Å². The van der Waals surface area contributed by atoms with E-state index >= 15 is 0 Å². The van der Waals surface area contributed by atoms with Gasteiger partial charge in [-0.25, -0.2) is 13.2 Å². The van der Waals surface area contributed by atoms with Crippen molar-refractivity contribution < 1.29 is 13.2 Å². The molecule has 0 radical (unpaired) electrons. The predicted octanol–water partition coefficient (Wildman–Crippen LogP) is 1.80. The number of hydrogen-bond acceptors (Lipinski definition) is 3. The van der Waals surface area contributed by atoms with Crippen LogP contribution >= 0.6 is 0 Å². The monoisotopic (exact) mass is 322 g/mol. The van der Waals surface area contributed by atoms with Crippen LogP contribution in [0.15, 0.2) is 24.3 Å². The molecule has 1 saturated heterocycles. The molecule has 0 unspecified atom stereocenters. The molecule has 0 saturated carbocycles. The first-order valence-electron chi connectivity index (χ1n) is 7.86. The normalized spacial score (nSPS) is 26.2. The lowest BCUT2D eigenvalue weighted by Crippen LogP contribution is -2.41. The van der Waals surface area contributed by atoms with E-state index in [1.54, 1.807) is 0 Å². The molecule has 2 amide bonds. The van der Waals surface area contributed by atoms with E-state index in [1.165, 1.54) is 11.1 Å². The minimum atomic E-state index is -2.88. The minimum Gasteiger partial charge on any atom is -0.338 e. The van der Waals surface area contributed by atoms with Gasteiger partial charge in [0.05, 0.1) is 17.5 Å². The fraction of sp³-hybridized carbons (Fsp3) is 0.562. The predicted molar refractivity (Wildman–Crippen MR) is 85.4 cm³/mol. The Bertz CT molecular complexity index is 657. The number of benzene rings is 1. The number of aryl methyl sites for hydroxylation is 1. The molecule has 2 aliphatic rings. The lowest BCUT2D eigenvalue weighted by atomic mass is 9.88. The van der Waals surface area contributed by atoms with Gasteiger partial charge >= 0.3 is 6.03 Å². The van der Waals surface area contributed by atoms with Gasteiger partial charge in [0.2, 0.25) is 0 Å². The van der Waals surface area contributed by atoms with Gasteiger partial charge in [0.15, 0.2) is 9.84 Å². The van der Waals surface area contributed by atoms with Gasteiger partial charge in [0, 0.05) is 6.54 Å². The summed E-state index contributed by atoms with van der Waals surface area (Å²) in [4.78, 5) is 12.1. The third-order valence-electron chi connectivity index (χ3n) is 4.55. The van der Waals surface area contributed by atoms with Crippen molar-refractivity contribution in [2.24, 2.45) is 5.92 Å². The average Bonchev–Trinajstić information content (AvgIpc) is 2.85. The lowest BCUT2D eigenvalue weighted by molar-refractivity contribution is 0.234. The van der Waals surface area contributed by atoms with Crippen molar-refractivity contribution in [1.29, 1.82) is 0 Å². The Morgan fingerprint density at radius 2 is 2.05 bits per heavy atom. The molecule has 6 heteroatoms. The van der Waals surface area contributed by atoms with E-state index in [-0.39, 0.29) is 29.5 Å². The number of hydrogen-bond donors (Lipinski definition) is 2. The smallest absolute Gasteiger partial charge is 0.315 e. The fourth-order valence-electron chi connectivity index (χ4n) is 3.38. The molecule has 120 valence electrons. The summed E-state index contributed by atoms with van der Waals surface area (Å²) in [7, 11) is -2.88. The van der Waals surface area contributed by atoms with E-state index in [0.29, 0.717) is 13.0 Å². The van der Waals surface area contributed by atoms with Gasteiger partial charge in [0.25, 0.3) is 0 Å². The van der Waals surface area contributed by atoms with Gasteiger partial charge in [-0.05, 0) is 42.7 Å². The highest BCUT2D eigenvalue weighted by Crippen LogP contribution is 2.29. The average molecular weight is 322 g/mol. The molecule has 0 aromatic heterocycles. The second-order valence-corrected chi connectivity index (χ2v) is 8.50. The van der Waals surface area contributed by atoms with Crippen LogP contribution in [0.3, 0.4) is 0 Å². The number of fused-ring (bicyclic) bond motifs is 1. The van der Waals surface area contributed by atoms with Gasteiger partial charge in [-0.2, -0.15) is 0 Å². The van der Waals surface area contributed by atoms with Crippen LogP contribution in [0.25, 0.3) is 0 Å². The van der Waals surface area contributed by atoms with Gasteiger partial charge in [0.1, 0.15) is 0 Å². The van der Waals surface area contributed by atoms with Crippen molar-refractivity contribution in [3.8, 4) is 0 Å². The van der Waals surface area contributed by atoms with Crippen LogP contribution in [0.4, 0.5) is 4.79 Å². The summed E-state index contributed by atoms with van der Waals surface area (Å²) in [5, 5.41) is 5.85. The van der Waals surface area contributed by atoms with Crippen LogP contribution in [0.1, 0.15) is 36.4 Å². The summed E-state index contributed by atoms with van der Waals surface area (Å²) < 4.78 is 22.8. The number of nitrogens with one attached hydrogen (secondary N) is 2. The fourth-order valence-corrected chi connectivity index (χ4v) is 5.25. The van der Waals surface area contributed by atoms with Crippen molar-refractivity contribution in [1.82, 2.24) is 10.6 Å². The SMILES string of the molecule is O=C(NC[C@H]1CCS(=O)(=O)C1)N[C@@H]1CCCc2ccccc21. The molecule has 1 aromatic carbocycles. The van der Waals surface area contributed by atoms with E-state index in [2.05, 4.69) is 22.8 Å². The molecule has 0 spiro atoms. The third kappa shape index (κ3) is 3.61. The largest absolute Gasteiger partial charge is 0.338 e. The maximum atomic E-state index is 12.1. The molecule has 0 bridgehead atoms. The number of carbonyl (C=O) groups excluding carboxylic acids is 1. The van der Waals surface area contributed by atoms with E-state index < -0.39 is 9.84 Å². The van der Waals surface area contributed by atoms with Crippen molar-refractivity contribution in [3.63, 3.8) is 0 Å². The zero-order chi connectivity index (χ0) is 15.6.